The lowest BCUT2D eigenvalue weighted by Crippen LogP contribution is -2.10. The topological polar surface area (TPSA) is 39.2 Å². The molecule has 2 aromatic heterocycles. The van der Waals surface area contributed by atoms with Gasteiger partial charge in [0.05, 0.1) is 16.1 Å². The number of ketones is 1. The van der Waals surface area contributed by atoms with E-state index in [2.05, 4.69) is 11.9 Å². The van der Waals surface area contributed by atoms with Crippen molar-refractivity contribution >= 4 is 28.7 Å². The molecule has 94 valence electrons. The normalized spacial score (nSPS) is 10.3. The maximum Gasteiger partial charge on any atom is 0.210 e. The third-order valence-corrected chi connectivity index (χ3v) is 3.81. The van der Waals surface area contributed by atoms with E-state index in [1.165, 1.54) is 28.6 Å². The van der Waals surface area contributed by atoms with Crippen molar-refractivity contribution in [3.63, 3.8) is 0 Å². The summed E-state index contributed by atoms with van der Waals surface area (Å²) in [5, 5.41) is 0.490. The van der Waals surface area contributed by atoms with Gasteiger partial charge in [-0.15, -0.1) is 11.3 Å². The standard InChI is InChI=1S/C13H12ClNO2S/c1-2-11-3-4-13(18-11)12(16)8-17-10-5-9(14)6-15-7-10/h3-7H,2,8H2,1H3. The van der Waals surface area contributed by atoms with Crippen LogP contribution in [0.15, 0.2) is 30.6 Å². The molecule has 0 aliphatic rings. The molecule has 2 heterocycles. The van der Waals surface area contributed by atoms with Gasteiger partial charge >= 0.3 is 0 Å². The van der Waals surface area contributed by atoms with Crippen LogP contribution in [0.2, 0.25) is 5.02 Å². The average Bonchev–Trinajstić information content (AvgIpc) is 2.85. The molecular formula is C13H12ClNO2S. The Balaban J connectivity index is 1.96. The Labute approximate surface area is 114 Å². The number of Topliss-reactive ketones (excluding diaryl/α,β-unsaturated/α-hetero) is 1. The first-order valence-corrected chi connectivity index (χ1v) is 6.73. The summed E-state index contributed by atoms with van der Waals surface area (Å²) in [6.07, 6.45) is 3.99. The van der Waals surface area contributed by atoms with Crippen LogP contribution in [-0.2, 0) is 6.42 Å². The van der Waals surface area contributed by atoms with Gasteiger partial charge in [-0.25, -0.2) is 0 Å². The SMILES string of the molecule is CCc1ccc(C(=O)COc2cncc(Cl)c2)s1. The quantitative estimate of drug-likeness (QED) is 0.786. The molecular weight excluding hydrogens is 270 g/mol. The first kappa shape index (κ1) is 13.1. The first-order valence-electron chi connectivity index (χ1n) is 5.54. The summed E-state index contributed by atoms with van der Waals surface area (Å²) < 4.78 is 5.36. The highest BCUT2D eigenvalue weighted by molar-refractivity contribution is 7.14. The number of pyridine rings is 1. The molecule has 3 nitrogen and oxygen atoms in total. The van der Waals surface area contributed by atoms with E-state index in [4.69, 9.17) is 16.3 Å². The molecule has 0 aromatic carbocycles. The van der Waals surface area contributed by atoms with E-state index in [-0.39, 0.29) is 12.4 Å². The van der Waals surface area contributed by atoms with Gasteiger partial charge in [-0.2, -0.15) is 0 Å². The van der Waals surface area contributed by atoms with E-state index in [1.807, 2.05) is 12.1 Å². The lowest BCUT2D eigenvalue weighted by molar-refractivity contribution is 0.0925. The van der Waals surface area contributed by atoms with E-state index in [0.29, 0.717) is 10.8 Å². The van der Waals surface area contributed by atoms with Gasteiger partial charge in [-0.05, 0) is 18.6 Å². The summed E-state index contributed by atoms with van der Waals surface area (Å²) >= 11 is 7.28. The largest absolute Gasteiger partial charge is 0.484 e. The van der Waals surface area contributed by atoms with Gasteiger partial charge in [0.1, 0.15) is 5.75 Å². The highest BCUT2D eigenvalue weighted by Gasteiger charge is 2.10. The molecule has 0 spiro atoms. The summed E-state index contributed by atoms with van der Waals surface area (Å²) in [6.45, 7) is 2.07. The van der Waals surface area contributed by atoms with E-state index < -0.39 is 0 Å². The monoisotopic (exact) mass is 281 g/mol. The third kappa shape index (κ3) is 3.31. The molecule has 0 unspecified atom stereocenters. The predicted octanol–water partition coefficient (Wildman–Crippen LogP) is 3.62. The molecule has 0 saturated heterocycles. The molecule has 0 aliphatic heterocycles. The molecule has 0 amide bonds. The number of hydrogen-bond donors (Lipinski definition) is 0. The molecule has 0 fully saturated rings. The molecule has 0 bridgehead atoms. The Hall–Kier alpha value is -1.39. The number of nitrogens with zero attached hydrogens (tertiary/aromatic N) is 1. The van der Waals surface area contributed by atoms with Crippen molar-refractivity contribution in [2.75, 3.05) is 6.61 Å². The van der Waals surface area contributed by atoms with Gasteiger partial charge in [0.25, 0.3) is 0 Å². The van der Waals surface area contributed by atoms with Gasteiger partial charge in [0.15, 0.2) is 6.61 Å². The Bertz CT molecular complexity index is 553. The van der Waals surface area contributed by atoms with E-state index in [0.717, 1.165) is 11.3 Å². The third-order valence-electron chi connectivity index (χ3n) is 2.33. The van der Waals surface area contributed by atoms with E-state index in [9.17, 15) is 4.79 Å². The molecule has 2 rings (SSSR count). The zero-order chi connectivity index (χ0) is 13.0. The summed E-state index contributed by atoms with van der Waals surface area (Å²) in [6, 6.07) is 5.44. The van der Waals surface area contributed by atoms with Crippen LogP contribution in [0, 0.1) is 0 Å². The van der Waals surface area contributed by atoms with Crippen molar-refractivity contribution in [1.82, 2.24) is 4.98 Å². The Morgan fingerprint density at radius 2 is 2.28 bits per heavy atom. The van der Waals surface area contributed by atoms with Crippen LogP contribution in [0.3, 0.4) is 0 Å². The Morgan fingerprint density at radius 1 is 1.44 bits per heavy atom. The minimum atomic E-state index is -0.0281. The van der Waals surface area contributed by atoms with Crippen LogP contribution in [0.1, 0.15) is 21.5 Å². The maximum absolute atomic E-state index is 11.9. The zero-order valence-electron chi connectivity index (χ0n) is 9.85. The number of ether oxygens (including phenoxy) is 1. The number of thiophene rings is 1. The van der Waals surface area contributed by atoms with Crippen molar-refractivity contribution in [3.8, 4) is 5.75 Å². The smallest absolute Gasteiger partial charge is 0.210 e. The molecule has 0 N–H and O–H groups in total. The molecule has 0 saturated carbocycles. The zero-order valence-corrected chi connectivity index (χ0v) is 11.4. The summed E-state index contributed by atoms with van der Waals surface area (Å²) in [5.74, 6) is 0.475. The van der Waals surface area contributed by atoms with Crippen molar-refractivity contribution in [2.45, 2.75) is 13.3 Å². The second-order valence-corrected chi connectivity index (χ2v) is 5.27. The second-order valence-electron chi connectivity index (χ2n) is 3.67. The molecule has 0 atom stereocenters. The van der Waals surface area contributed by atoms with Crippen LogP contribution >= 0.6 is 22.9 Å². The number of aryl methyl sites for hydroxylation is 1. The van der Waals surface area contributed by atoms with Gasteiger partial charge in [-0.1, -0.05) is 18.5 Å². The number of halogens is 1. The molecule has 18 heavy (non-hydrogen) atoms. The lowest BCUT2D eigenvalue weighted by atomic mass is 10.3. The van der Waals surface area contributed by atoms with Crippen LogP contribution in [0.5, 0.6) is 5.75 Å². The maximum atomic E-state index is 11.9. The summed E-state index contributed by atoms with van der Waals surface area (Å²) in [7, 11) is 0. The van der Waals surface area contributed by atoms with Gasteiger partial charge in [-0.3, -0.25) is 9.78 Å². The molecule has 5 heteroatoms. The number of aromatic nitrogens is 1. The summed E-state index contributed by atoms with van der Waals surface area (Å²) in [4.78, 5) is 17.7. The van der Waals surface area contributed by atoms with Crippen LogP contribution in [-0.4, -0.2) is 17.4 Å². The second kappa shape index (κ2) is 5.98. The van der Waals surface area contributed by atoms with Crippen molar-refractivity contribution in [3.05, 3.63) is 45.4 Å². The average molecular weight is 282 g/mol. The minimum absolute atomic E-state index is 0.00564. The number of rotatable bonds is 5. The van der Waals surface area contributed by atoms with Gasteiger partial charge < -0.3 is 4.74 Å². The van der Waals surface area contributed by atoms with E-state index in [1.54, 1.807) is 6.07 Å². The number of hydrogen-bond acceptors (Lipinski definition) is 4. The summed E-state index contributed by atoms with van der Waals surface area (Å²) in [5.41, 5.74) is 0. The van der Waals surface area contributed by atoms with Crippen LogP contribution in [0.25, 0.3) is 0 Å². The van der Waals surface area contributed by atoms with Gasteiger partial charge in [0.2, 0.25) is 5.78 Å². The fourth-order valence-corrected chi connectivity index (χ4v) is 2.44. The first-order chi connectivity index (χ1) is 8.69. The number of carbonyl (C=O) groups excluding carboxylic acids is 1. The lowest BCUT2D eigenvalue weighted by Gasteiger charge is -2.03. The fraction of sp³-hybridized carbons (Fsp3) is 0.231. The van der Waals surface area contributed by atoms with Crippen molar-refractivity contribution in [1.29, 1.82) is 0 Å². The molecule has 0 aliphatic carbocycles. The highest BCUT2D eigenvalue weighted by Crippen LogP contribution is 2.19. The Kier molecular flexibility index (Phi) is 4.33. The van der Waals surface area contributed by atoms with Gasteiger partial charge in [0, 0.05) is 17.1 Å². The van der Waals surface area contributed by atoms with Crippen molar-refractivity contribution < 1.29 is 9.53 Å². The number of carbonyl (C=O) groups is 1. The van der Waals surface area contributed by atoms with E-state index >= 15 is 0 Å². The highest BCUT2D eigenvalue weighted by atomic mass is 35.5. The Morgan fingerprint density at radius 3 is 2.94 bits per heavy atom. The van der Waals surface area contributed by atoms with Crippen LogP contribution in [0.4, 0.5) is 0 Å². The molecule has 2 aromatic rings. The van der Waals surface area contributed by atoms with Crippen molar-refractivity contribution in [2.24, 2.45) is 0 Å². The minimum Gasteiger partial charge on any atom is -0.484 e. The molecule has 0 radical (unpaired) electrons. The predicted molar refractivity (Wildman–Crippen MR) is 72.8 cm³/mol. The fourth-order valence-electron chi connectivity index (χ4n) is 1.41. The van der Waals surface area contributed by atoms with Crippen LogP contribution < -0.4 is 4.74 Å².